The van der Waals surface area contributed by atoms with Gasteiger partial charge in [-0.3, -0.25) is 9.69 Å². The highest BCUT2D eigenvalue weighted by molar-refractivity contribution is 5.78. The molecule has 1 aromatic carbocycles. The molecule has 2 heterocycles. The standard InChI is InChI=1S/C21H30N2O4/c1-2-10-22-19(24)13-23-11-9-21(25)8-4-3-5-16(21)20(23)15-6-7-17-18(12-15)27-14-26-17/h6-7,12,16,20,25H,2-5,8-11,13-14H2,1H3,(H,22,24)/t16-,20+,21-/m1/s1. The molecule has 148 valence electrons. The molecule has 2 aliphatic heterocycles. The third kappa shape index (κ3) is 3.65. The summed E-state index contributed by atoms with van der Waals surface area (Å²) < 4.78 is 11.0. The van der Waals surface area contributed by atoms with Crippen molar-refractivity contribution in [1.82, 2.24) is 10.2 Å². The zero-order valence-electron chi connectivity index (χ0n) is 16.1. The van der Waals surface area contributed by atoms with E-state index in [9.17, 15) is 9.90 Å². The van der Waals surface area contributed by atoms with Crippen LogP contribution >= 0.6 is 0 Å². The van der Waals surface area contributed by atoms with Gasteiger partial charge in [0.25, 0.3) is 0 Å². The molecule has 4 rings (SSSR count). The lowest BCUT2D eigenvalue weighted by molar-refractivity contribution is -0.137. The Hall–Kier alpha value is -1.79. The predicted molar refractivity (Wildman–Crippen MR) is 102 cm³/mol. The van der Waals surface area contributed by atoms with Crippen LogP contribution in [-0.2, 0) is 4.79 Å². The van der Waals surface area contributed by atoms with Crippen molar-refractivity contribution in [3.05, 3.63) is 23.8 Å². The average molecular weight is 374 g/mol. The monoisotopic (exact) mass is 374 g/mol. The summed E-state index contributed by atoms with van der Waals surface area (Å²) >= 11 is 0. The molecule has 1 amide bonds. The molecule has 6 nitrogen and oxygen atoms in total. The van der Waals surface area contributed by atoms with Gasteiger partial charge in [0.2, 0.25) is 12.7 Å². The number of piperidine rings is 1. The van der Waals surface area contributed by atoms with Gasteiger partial charge in [-0.1, -0.05) is 25.8 Å². The van der Waals surface area contributed by atoms with Crippen LogP contribution in [0.15, 0.2) is 18.2 Å². The van der Waals surface area contributed by atoms with Gasteiger partial charge >= 0.3 is 0 Å². The molecule has 0 spiro atoms. The quantitative estimate of drug-likeness (QED) is 0.829. The molecule has 1 aliphatic carbocycles. The molecule has 1 aromatic rings. The molecule has 0 radical (unpaired) electrons. The van der Waals surface area contributed by atoms with Crippen molar-refractivity contribution >= 4 is 5.91 Å². The van der Waals surface area contributed by atoms with Crippen LogP contribution in [0.3, 0.4) is 0 Å². The van der Waals surface area contributed by atoms with Gasteiger partial charge in [-0.05, 0) is 43.4 Å². The van der Waals surface area contributed by atoms with Crippen LogP contribution in [0.2, 0.25) is 0 Å². The molecule has 0 aromatic heterocycles. The van der Waals surface area contributed by atoms with Crippen molar-refractivity contribution in [2.45, 2.75) is 57.1 Å². The summed E-state index contributed by atoms with van der Waals surface area (Å²) in [4.78, 5) is 14.7. The molecule has 2 N–H and O–H groups in total. The van der Waals surface area contributed by atoms with E-state index in [1.165, 1.54) is 0 Å². The summed E-state index contributed by atoms with van der Waals surface area (Å²) in [6.45, 7) is 4.10. The van der Waals surface area contributed by atoms with Gasteiger partial charge in [0.05, 0.1) is 12.1 Å². The van der Waals surface area contributed by atoms with Crippen LogP contribution in [0.5, 0.6) is 11.5 Å². The normalized spacial score (nSPS) is 30.0. The second-order valence-corrected chi connectivity index (χ2v) is 8.08. The molecule has 0 bridgehead atoms. The van der Waals surface area contributed by atoms with Crippen molar-refractivity contribution in [2.24, 2.45) is 5.92 Å². The fourth-order valence-corrected chi connectivity index (χ4v) is 4.96. The number of hydrogen-bond donors (Lipinski definition) is 2. The number of aliphatic hydroxyl groups is 1. The number of nitrogens with zero attached hydrogens (tertiary/aromatic N) is 1. The molecule has 1 saturated carbocycles. The minimum absolute atomic E-state index is 0.0194. The van der Waals surface area contributed by atoms with Crippen LogP contribution in [-0.4, -0.2) is 47.9 Å². The third-order valence-electron chi connectivity index (χ3n) is 6.33. The third-order valence-corrected chi connectivity index (χ3v) is 6.33. The summed E-state index contributed by atoms with van der Waals surface area (Å²) in [6, 6.07) is 6.06. The smallest absolute Gasteiger partial charge is 0.234 e. The van der Waals surface area contributed by atoms with Gasteiger partial charge in [0.1, 0.15) is 0 Å². The molecule has 3 aliphatic rings. The zero-order valence-corrected chi connectivity index (χ0v) is 16.1. The molecular formula is C21H30N2O4. The van der Waals surface area contributed by atoms with Gasteiger partial charge in [-0.15, -0.1) is 0 Å². The number of hydrogen-bond acceptors (Lipinski definition) is 5. The minimum atomic E-state index is -0.629. The van der Waals surface area contributed by atoms with Crippen molar-refractivity contribution in [1.29, 1.82) is 0 Å². The molecule has 6 heteroatoms. The Morgan fingerprint density at radius 2 is 2.15 bits per heavy atom. The van der Waals surface area contributed by atoms with Crippen LogP contribution in [0.4, 0.5) is 0 Å². The number of benzene rings is 1. The average Bonchev–Trinajstić information content (AvgIpc) is 3.14. The number of ether oxygens (including phenoxy) is 2. The van der Waals surface area contributed by atoms with Crippen LogP contribution in [0.25, 0.3) is 0 Å². The van der Waals surface area contributed by atoms with Crippen molar-refractivity contribution in [2.75, 3.05) is 26.4 Å². The van der Waals surface area contributed by atoms with E-state index in [0.29, 0.717) is 13.1 Å². The Kier molecular flexibility index (Phi) is 5.28. The van der Waals surface area contributed by atoms with Crippen molar-refractivity contribution in [3.8, 4) is 11.5 Å². The first-order valence-corrected chi connectivity index (χ1v) is 10.2. The number of amides is 1. The fourth-order valence-electron chi connectivity index (χ4n) is 4.96. The van der Waals surface area contributed by atoms with E-state index in [0.717, 1.165) is 62.1 Å². The first-order chi connectivity index (χ1) is 13.1. The Bertz CT molecular complexity index is 695. The van der Waals surface area contributed by atoms with Crippen LogP contribution < -0.4 is 14.8 Å². The summed E-state index contributed by atoms with van der Waals surface area (Å²) in [5.74, 6) is 1.72. The number of rotatable bonds is 5. The van der Waals surface area contributed by atoms with E-state index < -0.39 is 5.60 Å². The zero-order chi connectivity index (χ0) is 18.9. The van der Waals surface area contributed by atoms with Gasteiger partial charge < -0.3 is 19.9 Å². The summed E-state index contributed by atoms with van der Waals surface area (Å²) in [6.07, 6.45) is 5.72. The predicted octanol–water partition coefficient (Wildman–Crippen LogP) is 2.61. The highest BCUT2D eigenvalue weighted by Crippen LogP contribution is 2.50. The van der Waals surface area contributed by atoms with E-state index in [-0.39, 0.29) is 24.7 Å². The lowest BCUT2D eigenvalue weighted by atomic mass is 9.66. The maximum Gasteiger partial charge on any atom is 0.234 e. The van der Waals surface area contributed by atoms with E-state index in [2.05, 4.69) is 23.2 Å². The highest BCUT2D eigenvalue weighted by atomic mass is 16.7. The SMILES string of the molecule is CCCNC(=O)CN1CC[C@]2(O)CCCC[C@@H]2[C@@H]1c1ccc2c(c1)OCO2. The first kappa shape index (κ1) is 18.6. The number of nitrogens with one attached hydrogen (secondary N) is 1. The molecule has 0 unspecified atom stereocenters. The minimum Gasteiger partial charge on any atom is -0.454 e. The van der Waals surface area contributed by atoms with Gasteiger partial charge in [0.15, 0.2) is 11.5 Å². The number of likely N-dealkylation sites (tertiary alicyclic amines) is 1. The highest BCUT2D eigenvalue weighted by Gasteiger charge is 2.49. The largest absolute Gasteiger partial charge is 0.454 e. The number of carbonyl (C=O) groups excluding carboxylic acids is 1. The molecule has 3 atom stereocenters. The topological polar surface area (TPSA) is 71.0 Å². The fraction of sp³-hybridized carbons (Fsp3) is 0.667. The number of fused-ring (bicyclic) bond motifs is 2. The number of carbonyl (C=O) groups is 1. The second-order valence-electron chi connectivity index (χ2n) is 8.08. The van der Waals surface area contributed by atoms with Gasteiger partial charge in [-0.2, -0.15) is 0 Å². The lowest BCUT2D eigenvalue weighted by Gasteiger charge is -2.52. The van der Waals surface area contributed by atoms with Gasteiger partial charge in [0, 0.05) is 25.0 Å². The summed E-state index contributed by atoms with van der Waals surface area (Å²) in [7, 11) is 0. The maximum atomic E-state index is 12.4. The van der Waals surface area contributed by atoms with E-state index in [4.69, 9.17) is 9.47 Å². The molecular weight excluding hydrogens is 344 g/mol. The van der Waals surface area contributed by atoms with Crippen LogP contribution in [0.1, 0.15) is 57.1 Å². The first-order valence-electron chi connectivity index (χ1n) is 10.2. The summed E-state index contributed by atoms with van der Waals surface area (Å²) in [5, 5.41) is 14.3. The van der Waals surface area contributed by atoms with E-state index in [1.54, 1.807) is 0 Å². The molecule has 1 saturated heterocycles. The Morgan fingerprint density at radius 3 is 3.00 bits per heavy atom. The van der Waals surface area contributed by atoms with Crippen LogP contribution in [0, 0.1) is 5.92 Å². The van der Waals surface area contributed by atoms with E-state index in [1.807, 2.05) is 12.1 Å². The molecule has 2 fully saturated rings. The van der Waals surface area contributed by atoms with E-state index >= 15 is 0 Å². The second kappa shape index (κ2) is 7.68. The Labute approximate surface area is 160 Å². The van der Waals surface area contributed by atoms with Gasteiger partial charge in [-0.25, -0.2) is 0 Å². The maximum absolute atomic E-state index is 12.4. The molecule has 27 heavy (non-hydrogen) atoms. The van der Waals surface area contributed by atoms with Crippen molar-refractivity contribution < 1.29 is 19.4 Å². The lowest BCUT2D eigenvalue weighted by Crippen LogP contribution is -2.56. The Morgan fingerprint density at radius 1 is 1.30 bits per heavy atom. The van der Waals surface area contributed by atoms with Crippen molar-refractivity contribution in [3.63, 3.8) is 0 Å². The Balaban J connectivity index is 1.63. The summed E-state index contributed by atoms with van der Waals surface area (Å²) in [5.41, 5.74) is 0.475.